The van der Waals surface area contributed by atoms with Gasteiger partial charge in [0, 0.05) is 17.6 Å². The van der Waals surface area contributed by atoms with Gasteiger partial charge in [0.05, 0.1) is 5.52 Å². The molecule has 0 amide bonds. The van der Waals surface area contributed by atoms with E-state index >= 15 is 0 Å². The molecule has 0 aliphatic rings. The fraction of sp³-hybridized carbons (Fsp3) is 0. The van der Waals surface area contributed by atoms with Gasteiger partial charge in [-0.3, -0.25) is 4.98 Å². The van der Waals surface area contributed by atoms with Gasteiger partial charge in [-0.1, -0.05) is 23.7 Å². The highest BCUT2D eigenvalue weighted by molar-refractivity contribution is 6.29. The van der Waals surface area contributed by atoms with Gasteiger partial charge in [-0.05, 0) is 18.2 Å². The number of benzene rings is 1. The van der Waals surface area contributed by atoms with Crippen LogP contribution in [0.3, 0.4) is 0 Å². The number of hydrogen-bond donors (Lipinski definition) is 0. The molecule has 0 N–H and O–H groups in total. The van der Waals surface area contributed by atoms with E-state index in [4.69, 9.17) is 16.3 Å². The number of nitrogens with zero attached hydrogens (tertiary/aromatic N) is 3. The SMILES string of the molecule is Clc1cc(Oc2ccnc3ccccc23)ncn1. The zero-order valence-electron chi connectivity index (χ0n) is 9.25. The summed E-state index contributed by atoms with van der Waals surface area (Å²) >= 11 is 5.79. The quantitative estimate of drug-likeness (QED) is 0.660. The van der Waals surface area contributed by atoms with Crippen molar-refractivity contribution in [3.8, 4) is 11.6 Å². The first-order valence-electron chi connectivity index (χ1n) is 5.32. The molecule has 0 radical (unpaired) electrons. The molecule has 0 aliphatic carbocycles. The fourth-order valence-electron chi connectivity index (χ4n) is 1.64. The highest BCUT2D eigenvalue weighted by atomic mass is 35.5. The van der Waals surface area contributed by atoms with Crippen molar-refractivity contribution in [2.45, 2.75) is 0 Å². The van der Waals surface area contributed by atoms with Gasteiger partial charge >= 0.3 is 0 Å². The number of aromatic nitrogens is 3. The van der Waals surface area contributed by atoms with Crippen molar-refractivity contribution in [3.05, 3.63) is 54.1 Å². The van der Waals surface area contributed by atoms with Gasteiger partial charge in [-0.2, -0.15) is 0 Å². The molecule has 0 unspecified atom stereocenters. The Balaban J connectivity index is 2.05. The molecule has 2 heterocycles. The lowest BCUT2D eigenvalue weighted by molar-refractivity contribution is 0.466. The molecule has 3 rings (SSSR count). The van der Waals surface area contributed by atoms with E-state index in [-0.39, 0.29) is 0 Å². The van der Waals surface area contributed by atoms with Crippen molar-refractivity contribution in [3.63, 3.8) is 0 Å². The number of pyridine rings is 1. The second-order valence-electron chi connectivity index (χ2n) is 3.61. The van der Waals surface area contributed by atoms with Gasteiger partial charge < -0.3 is 4.74 Å². The van der Waals surface area contributed by atoms with Gasteiger partial charge in [0.25, 0.3) is 0 Å². The second-order valence-corrected chi connectivity index (χ2v) is 3.99. The average molecular weight is 258 g/mol. The van der Waals surface area contributed by atoms with E-state index in [1.54, 1.807) is 18.3 Å². The Morgan fingerprint density at radius 3 is 2.78 bits per heavy atom. The van der Waals surface area contributed by atoms with Crippen LogP contribution in [0.15, 0.2) is 48.9 Å². The summed E-state index contributed by atoms with van der Waals surface area (Å²) in [6.07, 6.45) is 3.06. The molecule has 5 heteroatoms. The topological polar surface area (TPSA) is 47.9 Å². The van der Waals surface area contributed by atoms with Gasteiger partial charge in [-0.15, -0.1) is 0 Å². The molecule has 4 nitrogen and oxygen atoms in total. The summed E-state index contributed by atoms with van der Waals surface area (Å²) in [6, 6.07) is 11.1. The van der Waals surface area contributed by atoms with E-state index in [0.717, 1.165) is 10.9 Å². The van der Waals surface area contributed by atoms with Crippen molar-refractivity contribution in [1.82, 2.24) is 15.0 Å². The summed E-state index contributed by atoms with van der Waals surface area (Å²) in [5.41, 5.74) is 0.871. The molecule has 0 spiro atoms. The summed E-state index contributed by atoms with van der Waals surface area (Å²) < 4.78 is 5.70. The van der Waals surface area contributed by atoms with E-state index in [1.807, 2.05) is 24.3 Å². The number of halogens is 1. The van der Waals surface area contributed by atoms with Crippen LogP contribution in [0, 0.1) is 0 Å². The van der Waals surface area contributed by atoms with E-state index in [2.05, 4.69) is 15.0 Å². The molecule has 0 atom stereocenters. The molecule has 2 aromatic heterocycles. The molecular weight excluding hydrogens is 250 g/mol. The summed E-state index contributed by atoms with van der Waals surface area (Å²) in [5, 5.41) is 1.27. The van der Waals surface area contributed by atoms with Crippen LogP contribution in [-0.4, -0.2) is 15.0 Å². The molecule has 0 saturated carbocycles. The predicted molar refractivity (Wildman–Crippen MR) is 68.9 cm³/mol. The molecule has 3 aromatic rings. The maximum Gasteiger partial charge on any atom is 0.223 e. The van der Waals surface area contributed by atoms with Crippen LogP contribution < -0.4 is 4.74 Å². The normalized spacial score (nSPS) is 10.5. The summed E-state index contributed by atoms with van der Waals surface area (Å²) in [7, 11) is 0. The zero-order chi connectivity index (χ0) is 12.4. The Morgan fingerprint density at radius 2 is 1.89 bits per heavy atom. The molecule has 18 heavy (non-hydrogen) atoms. The van der Waals surface area contributed by atoms with Crippen LogP contribution in [0.2, 0.25) is 5.15 Å². The summed E-state index contributed by atoms with van der Waals surface area (Å²) in [4.78, 5) is 12.1. The zero-order valence-corrected chi connectivity index (χ0v) is 10.0. The Hall–Kier alpha value is -2.20. The largest absolute Gasteiger partial charge is 0.438 e. The number of fused-ring (bicyclic) bond motifs is 1. The number of ether oxygens (including phenoxy) is 1. The maximum atomic E-state index is 5.79. The molecule has 1 aromatic carbocycles. The Labute approximate surface area is 108 Å². The minimum absolute atomic E-state index is 0.346. The van der Waals surface area contributed by atoms with Gasteiger partial charge in [0.2, 0.25) is 5.88 Å². The third-order valence-electron chi connectivity index (χ3n) is 2.43. The molecule has 0 aliphatic heterocycles. The second kappa shape index (κ2) is 4.58. The summed E-state index contributed by atoms with van der Waals surface area (Å²) in [6.45, 7) is 0. The van der Waals surface area contributed by atoms with Crippen LogP contribution in [0.1, 0.15) is 0 Å². The predicted octanol–water partition coefficient (Wildman–Crippen LogP) is 3.47. The van der Waals surface area contributed by atoms with Crippen molar-refractivity contribution in [2.24, 2.45) is 0 Å². The molecule has 0 fully saturated rings. The Kier molecular flexibility index (Phi) is 2.78. The molecule has 88 valence electrons. The van der Waals surface area contributed by atoms with Crippen molar-refractivity contribution >= 4 is 22.5 Å². The maximum absolute atomic E-state index is 5.79. The van der Waals surface area contributed by atoms with Crippen LogP contribution in [0.4, 0.5) is 0 Å². The van der Waals surface area contributed by atoms with Crippen molar-refractivity contribution in [1.29, 1.82) is 0 Å². The van der Waals surface area contributed by atoms with Gasteiger partial charge in [-0.25, -0.2) is 9.97 Å². The lowest BCUT2D eigenvalue weighted by Crippen LogP contribution is -1.90. The van der Waals surface area contributed by atoms with Crippen molar-refractivity contribution < 1.29 is 4.74 Å². The first-order valence-corrected chi connectivity index (χ1v) is 5.70. The monoisotopic (exact) mass is 257 g/mol. The van der Waals surface area contributed by atoms with Gasteiger partial charge in [0.15, 0.2) is 0 Å². The van der Waals surface area contributed by atoms with Crippen LogP contribution in [0.25, 0.3) is 10.9 Å². The van der Waals surface area contributed by atoms with E-state index < -0.39 is 0 Å². The van der Waals surface area contributed by atoms with E-state index in [0.29, 0.717) is 16.8 Å². The lowest BCUT2D eigenvalue weighted by atomic mass is 10.2. The third-order valence-corrected chi connectivity index (χ3v) is 2.64. The lowest BCUT2D eigenvalue weighted by Gasteiger charge is -2.07. The number of rotatable bonds is 2. The minimum atomic E-state index is 0.346. The first kappa shape index (κ1) is 10.9. The van der Waals surface area contributed by atoms with Crippen LogP contribution in [-0.2, 0) is 0 Å². The highest BCUT2D eigenvalue weighted by Gasteiger charge is 2.05. The molecular formula is C13H8ClN3O. The first-order chi connectivity index (χ1) is 8.83. The molecule has 0 saturated heterocycles. The Morgan fingerprint density at radius 1 is 1.00 bits per heavy atom. The van der Waals surface area contributed by atoms with Crippen molar-refractivity contribution in [2.75, 3.05) is 0 Å². The standard InChI is InChI=1S/C13H8ClN3O/c14-12-7-13(17-8-16-12)18-11-5-6-15-10-4-2-1-3-9(10)11/h1-8H. The third kappa shape index (κ3) is 2.10. The van der Waals surface area contributed by atoms with E-state index in [9.17, 15) is 0 Å². The number of para-hydroxylation sites is 1. The van der Waals surface area contributed by atoms with Gasteiger partial charge in [0.1, 0.15) is 17.2 Å². The molecule has 0 bridgehead atoms. The number of hydrogen-bond acceptors (Lipinski definition) is 4. The summed E-state index contributed by atoms with van der Waals surface area (Å²) in [5.74, 6) is 1.10. The highest BCUT2D eigenvalue weighted by Crippen LogP contribution is 2.27. The van der Waals surface area contributed by atoms with Crippen LogP contribution >= 0.6 is 11.6 Å². The minimum Gasteiger partial charge on any atom is -0.438 e. The van der Waals surface area contributed by atoms with E-state index in [1.165, 1.54) is 6.33 Å². The fourth-order valence-corrected chi connectivity index (χ4v) is 1.78. The Bertz CT molecular complexity index is 697. The van der Waals surface area contributed by atoms with Crippen LogP contribution in [0.5, 0.6) is 11.6 Å². The average Bonchev–Trinajstić information content (AvgIpc) is 2.39. The smallest absolute Gasteiger partial charge is 0.223 e.